The van der Waals surface area contributed by atoms with Crippen LogP contribution in [0.15, 0.2) is 21.1 Å². The lowest BCUT2D eigenvalue weighted by molar-refractivity contribution is 0.0498. The molecule has 0 saturated carbocycles. The summed E-state index contributed by atoms with van der Waals surface area (Å²) in [5.74, 6) is 1.30. The third-order valence-corrected chi connectivity index (χ3v) is 4.66. The van der Waals surface area contributed by atoms with Crippen molar-refractivity contribution in [2.24, 2.45) is 0 Å². The third kappa shape index (κ3) is 9.19. The van der Waals surface area contributed by atoms with Crippen molar-refractivity contribution >= 4 is 31.9 Å². The summed E-state index contributed by atoms with van der Waals surface area (Å²) in [5, 5.41) is 0. The largest absolute Gasteiger partial charge is 0.487 e. The first-order chi connectivity index (χ1) is 11.7. The Labute approximate surface area is 159 Å². The fourth-order valence-corrected chi connectivity index (χ4v) is 2.29. The Balaban J connectivity index is 2.42. The van der Waals surface area contributed by atoms with Crippen molar-refractivity contribution < 1.29 is 28.4 Å². The first-order valence-electron chi connectivity index (χ1n) is 7.57. The van der Waals surface area contributed by atoms with Crippen molar-refractivity contribution in [2.75, 3.05) is 67.1 Å². The van der Waals surface area contributed by atoms with E-state index in [1.807, 2.05) is 12.1 Å². The molecule has 1 rings (SSSR count). The van der Waals surface area contributed by atoms with Crippen LogP contribution in [0.3, 0.4) is 0 Å². The molecular formula is C16H24Br2O6. The number of benzene rings is 1. The van der Waals surface area contributed by atoms with E-state index >= 15 is 0 Å². The third-order valence-electron chi connectivity index (χ3n) is 2.82. The molecule has 0 radical (unpaired) electrons. The second-order valence-electron chi connectivity index (χ2n) is 4.62. The van der Waals surface area contributed by atoms with Crippen LogP contribution in [-0.4, -0.2) is 67.1 Å². The summed E-state index contributed by atoms with van der Waals surface area (Å²) in [4.78, 5) is 0. The first-order valence-corrected chi connectivity index (χ1v) is 9.15. The van der Waals surface area contributed by atoms with Gasteiger partial charge in [0.25, 0.3) is 0 Å². The van der Waals surface area contributed by atoms with Crippen LogP contribution in [-0.2, 0) is 18.9 Å². The van der Waals surface area contributed by atoms with E-state index in [9.17, 15) is 0 Å². The molecule has 0 heterocycles. The molecule has 1 aromatic carbocycles. The summed E-state index contributed by atoms with van der Waals surface area (Å²) in [6.45, 7) is 4.06. The minimum atomic E-state index is 0.429. The highest BCUT2D eigenvalue weighted by Crippen LogP contribution is 2.36. The van der Waals surface area contributed by atoms with Gasteiger partial charge in [0.05, 0.1) is 39.6 Å². The van der Waals surface area contributed by atoms with E-state index in [0.29, 0.717) is 64.4 Å². The van der Waals surface area contributed by atoms with Gasteiger partial charge in [-0.1, -0.05) is 0 Å². The van der Waals surface area contributed by atoms with Crippen LogP contribution in [0.25, 0.3) is 0 Å². The second-order valence-corrected chi connectivity index (χ2v) is 6.33. The highest BCUT2D eigenvalue weighted by atomic mass is 79.9. The van der Waals surface area contributed by atoms with Gasteiger partial charge in [0, 0.05) is 23.2 Å². The normalized spacial score (nSPS) is 10.8. The van der Waals surface area contributed by atoms with Crippen LogP contribution in [0.4, 0.5) is 0 Å². The highest BCUT2D eigenvalue weighted by molar-refractivity contribution is 9.13. The second kappa shape index (κ2) is 13.9. The van der Waals surface area contributed by atoms with Gasteiger partial charge in [-0.3, -0.25) is 0 Å². The van der Waals surface area contributed by atoms with Gasteiger partial charge in [-0.25, -0.2) is 0 Å². The molecule has 24 heavy (non-hydrogen) atoms. The van der Waals surface area contributed by atoms with Gasteiger partial charge >= 0.3 is 0 Å². The molecule has 0 aliphatic rings. The van der Waals surface area contributed by atoms with Gasteiger partial charge < -0.3 is 28.4 Å². The van der Waals surface area contributed by atoms with Gasteiger partial charge in [0.15, 0.2) is 11.5 Å². The number of methoxy groups -OCH3 is 2. The van der Waals surface area contributed by atoms with Gasteiger partial charge in [0.1, 0.15) is 13.2 Å². The molecule has 0 unspecified atom stereocenters. The Morgan fingerprint density at radius 2 is 1.00 bits per heavy atom. The first kappa shape index (κ1) is 21.7. The van der Waals surface area contributed by atoms with Crippen molar-refractivity contribution in [1.82, 2.24) is 0 Å². The molecule has 6 nitrogen and oxygen atoms in total. The van der Waals surface area contributed by atoms with Crippen LogP contribution in [0.1, 0.15) is 0 Å². The molecular weight excluding hydrogens is 448 g/mol. The summed E-state index contributed by atoms with van der Waals surface area (Å²) in [7, 11) is 3.28. The van der Waals surface area contributed by atoms with Crippen molar-refractivity contribution in [3.8, 4) is 11.5 Å². The molecule has 0 spiro atoms. The topological polar surface area (TPSA) is 55.4 Å². The standard InChI is InChI=1S/C16H24Br2O6/c1-19-3-5-21-7-9-23-15-11-13(17)14(18)12-16(15)24-10-8-22-6-4-20-2/h11-12H,3-10H2,1-2H3. The molecule has 0 aliphatic carbocycles. The van der Waals surface area contributed by atoms with E-state index in [2.05, 4.69) is 31.9 Å². The van der Waals surface area contributed by atoms with E-state index in [1.165, 1.54) is 0 Å². The van der Waals surface area contributed by atoms with Crippen molar-refractivity contribution in [3.05, 3.63) is 21.1 Å². The van der Waals surface area contributed by atoms with Crippen molar-refractivity contribution in [2.45, 2.75) is 0 Å². The van der Waals surface area contributed by atoms with Crippen molar-refractivity contribution in [3.63, 3.8) is 0 Å². The zero-order valence-electron chi connectivity index (χ0n) is 14.0. The molecule has 0 fully saturated rings. The average Bonchev–Trinajstić information content (AvgIpc) is 2.57. The van der Waals surface area contributed by atoms with E-state index in [4.69, 9.17) is 28.4 Å². The van der Waals surface area contributed by atoms with Crippen molar-refractivity contribution in [1.29, 1.82) is 0 Å². The fourth-order valence-electron chi connectivity index (χ4n) is 1.65. The maximum Gasteiger partial charge on any atom is 0.162 e. The quantitative estimate of drug-likeness (QED) is 0.388. The smallest absolute Gasteiger partial charge is 0.162 e. The summed E-state index contributed by atoms with van der Waals surface area (Å²) >= 11 is 6.93. The Kier molecular flexibility index (Phi) is 12.5. The Morgan fingerprint density at radius 3 is 1.38 bits per heavy atom. The molecule has 8 heteroatoms. The van der Waals surface area contributed by atoms with Crippen LogP contribution in [0.2, 0.25) is 0 Å². The number of hydrogen-bond donors (Lipinski definition) is 0. The molecule has 0 aliphatic heterocycles. The van der Waals surface area contributed by atoms with E-state index in [0.717, 1.165) is 8.95 Å². The fraction of sp³-hybridized carbons (Fsp3) is 0.625. The molecule has 138 valence electrons. The molecule has 0 aromatic heterocycles. The van der Waals surface area contributed by atoms with Gasteiger partial charge in [-0.2, -0.15) is 0 Å². The van der Waals surface area contributed by atoms with E-state index in [1.54, 1.807) is 14.2 Å². The van der Waals surface area contributed by atoms with E-state index < -0.39 is 0 Å². The summed E-state index contributed by atoms with van der Waals surface area (Å²) in [6, 6.07) is 3.72. The monoisotopic (exact) mass is 470 g/mol. The lowest BCUT2D eigenvalue weighted by atomic mass is 10.3. The number of rotatable bonds is 14. The van der Waals surface area contributed by atoms with Crippen LogP contribution < -0.4 is 9.47 Å². The molecule has 0 atom stereocenters. The van der Waals surface area contributed by atoms with Gasteiger partial charge in [-0.15, -0.1) is 0 Å². The molecule has 0 N–H and O–H groups in total. The Hall–Kier alpha value is -0.380. The maximum absolute atomic E-state index is 5.75. The lowest BCUT2D eigenvalue weighted by Crippen LogP contribution is -2.12. The predicted molar refractivity (Wildman–Crippen MR) is 98.2 cm³/mol. The number of halogens is 2. The highest BCUT2D eigenvalue weighted by Gasteiger charge is 2.10. The Morgan fingerprint density at radius 1 is 0.625 bits per heavy atom. The summed E-state index contributed by atoms with van der Waals surface area (Å²) < 4.78 is 33.9. The van der Waals surface area contributed by atoms with Crippen LogP contribution >= 0.6 is 31.9 Å². The van der Waals surface area contributed by atoms with E-state index in [-0.39, 0.29) is 0 Å². The van der Waals surface area contributed by atoms with Gasteiger partial charge in [0.2, 0.25) is 0 Å². The summed E-state index contributed by atoms with van der Waals surface area (Å²) in [5.41, 5.74) is 0. The lowest BCUT2D eigenvalue weighted by Gasteiger charge is -2.14. The minimum absolute atomic E-state index is 0.429. The molecule has 0 bridgehead atoms. The minimum Gasteiger partial charge on any atom is -0.487 e. The zero-order chi connectivity index (χ0) is 17.6. The molecule has 0 saturated heterocycles. The predicted octanol–water partition coefficient (Wildman–Crippen LogP) is 3.30. The SMILES string of the molecule is COCCOCCOc1cc(Br)c(Br)cc1OCCOCCOC. The van der Waals surface area contributed by atoms with Gasteiger partial charge in [-0.05, 0) is 44.0 Å². The molecule has 0 amide bonds. The Bertz CT molecular complexity index is 417. The van der Waals surface area contributed by atoms with Crippen LogP contribution in [0, 0.1) is 0 Å². The molecule has 1 aromatic rings. The number of ether oxygens (including phenoxy) is 6. The number of hydrogen-bond acceptors (Lipinski definition) is 6. The zero-order valence-corrected chi connectivity index (χ0v) is 17.2. The summed E-state index contributed by atoms with van der Waals surface area (Å²) in [6.07, 6.45) is 0. The maximum atomic E-state index is 5.75. The van der Waals surface area contributed by atoms with Crippen LogP contribution in [0.5, 0.6) is 11.5 Å². The average molecular weight is 472 g/mol.